The Balaban J connectivity index is 1.42. The lowest BCUT2D eigenvalue weighted by Gasteiger charge is -2.26. The number of rotatable bonds is 3. The average Bonchev–Trinajstić information content (AvgIpc) is 3.48. The molecule has 2 aliphatic heterocycles. The highest BCUT2D eigenvalue weighted by atomic mass is 19.1. The predicted octanol–water partition coefficient (Wildman–Crippen LogP) is 2.27. The van der Waals surface area contributed by atoms with Crippen molar-refractivity contribution in [3.05, 3.63) is 53.9 Å². The van der Waals surface area contributed by atoms with Gasteiger partial charge in [0.1, 0.15) is 23.1 Å². The highest BCUT2D eigenvalue weighted by Crippen LogP contribution is 2.37. The summed E-state index contributed by atoms with van der Waals surface area (Å²) >= 11 is 0. The topological polar surface area (TPSA) is 106 Å². The highest BCUT2D eigenvalue weighted by molar-refractivity contribution is 5.93. The number of β-amino-alcohol motifs (C(OH)–C–C–N with tert-alkyl or cyclic N) is 2. The van der Waals surface area contributed by atoms with Gasteiger partial charge in [-0.1, -0.05) is 0 Å². The Hall–Kier alpha value is -3.31. The van der Waals surface area contributed by atoms with Crippen LogP contribution in [0.5, 0.6) is 0 Å². The van der Waals surface area contributed by atoms with Crippen molar-refractivity contribution in [1.82, 2.24) is 19.5 Å². The van der Waals surface area contributed by atoms with Crippen LogP contribution in [0.2, 0.25) is 0 Å². The molecular weight excluding hydrogens is 422 g/mol. The molecule has 1 atom stereocenters. The number of hydrogen-bond donors (Lipinski definition) is 3. The van der Waals surface area contributed by atoms with E-state index in [1.807, 2.05) is 4.90 Å². The summed E-state index contributed by atoms with van der Waals surface area (Å²) in [7, 11) is 0. The Morgan fingerprint density at radius 2 is 2.06 bits per heavy atom. The van der Waals surface area contributed by atoms with Crippen LogP contribution < -0.4 is 10.2 Å². The van der Waals surface area contributed by atoms with Gasteiger partial charge >= 0.3 is 6.03 Å². The molecule has 9 nitrogen and oxygen atoms in total. The van der Waals surface area contributed by atoms with E-state index in [4.69, 9.17) is 0 Å². The first-order chi connectivity index (χ1) is 15.3. The van der Waals surface area contributed by atoms with Gasteiger partial charge in [0.15, 0.2) is 11.4 Å². The quantitative estimate of drug-likeness (QED) is 0.535. The summed E-state index contributed by atoms with van der Waals surface area (Å²) in [5, 5.41) is 26.3. The zero-order chi connectivity index (χ0) is 22.5. The van der Waals surface area contributed by atoms with Crippen LogP contribution in [0.3, 0.4) is 0 Å². The van der Waals surface area contributed by atoms with Crippen LogP contribution in [0.25, 0.3) is 5.65 Å². The number of likely N-dealkylation sites (tertiary alicyclic amines) is 1. The number of carbonyl (C=O) groups excluding carboxylic acids is 1. The predicted molar refractivity (Wildman–Crippen MR) is 111 cm³/mol. The van der Waals surface area contributed by atoms with Crippen molar-refractivity contribution in [1.29, 1.82) is 0 Å². The SMILES string of the molecule is O=C(Nc1cnn2ccc(N3CCC[C@@H]3c3cc(F)ccc3F)nc12)N1CCC(O)(O)C1. The van der Waals surface area contributed by atoms with Gasteiger partial charge in [-0.3, -0.25) is 0 Å². The van der Waals surface area contributed by atoms with Gasteiger partial charge in [0.05, 0.1) is 18.8 Å². The number of carbonyl (C=O) groups is 1. The van der Waals surface area contributed by atoms with Crippen molar-refractivity contribution in [3.63, 3.8) is 0 Å². The van der Waals surface area contributed by atoms with Crippen LogP contribution in [-0.2, 0) is 0 Å². The Labute approximate surface area is 181 Å². The molecule has 3 aromatic rings. The summed E-state index contributed by atoms with van der Waals surface area (Å²) in [6.07, 6.45) is 4.68. The molecule has 3 N–H and O–H groups in total. The van der Waals surface area contributed by atoms with Crippen LogP contribution in [0.1, 0.15) is 30.9 Å². The van der Waals surface area contributed by atoms with Crippen molar-refractivity contribution in [2.24, 2.45) is 0 Å². The fourth-order valence-electron chi connectivity index (χ4n) is 4.39. The van der Waals surface area contributed by atoms with E-state index in [0.717, 1.165) is 18.6 Å². The Bertz CT molecular complexity index is 1180. The van der Waals surface area contributed by atoms with Crippen LogP contribution in [0.4, 0.5) is 25.1 Å². The molecule has 32 heavy (non-hydrogen) atoms. The molecule has 0 saturated carbocycles. The minimum atomic E-state index is -1.89. The normalized spacial score (nSPS) is 20.3. The first-order valence-corrected chi connectivity index (χ1v) is 10.4. The molecule has 0 bridgehead atoms. The van der Waals surface area contributed by atoms with Crippen LogP contribution >= 0.6 is 0 Å². The molecule has 168 valence electrons. The van der Waals surface area contributed by atoms with Crippen LogP contribution in [0.15, 0.2) is 36.7 Å². The summed E-state index contributed by atoms with van der Waals surface area (Å²) in [5.41, 5.74) is 1.04. The standard InChI is InChI=1S/C21H22F2N6O3/c22-13-3-4-15(23)14(10-13)17-2-1-7-28(17)18-5-8-29-19(26-18)16(11-24-29)25-20(30)27-9-6-21(31,32)12-27/h3-5,8,10-11,17,31-32H,1-2,6-7,9,12H2,(H,25,30)/t17-/m1/s1. The minimum absolute atomic E-state index is 0.0740. The van der Waals surface area contributed by atoms with Gasteiger partial charge < -0.3 is 25.3 Å². The smallest absolute Gasteiger partial charge is 0.322 e. The summed E-state index contributed by atoms with van der Waals surface area (Å²) in [5.74, 6) is -2.28. The largest absolute Gasteiger partial charge is 0.364 e. The van der Waals surface area contributed by atoms with E-state index < -0.39 is 23.5 Å². The lowest BCUT2D eigenvalue weighted by molar-refractivity contribution is -0.145. The van der Waals surface area contributed by atoms with Gasteiger partial charge in [-0.05, 0) is 37.1 Å². The van der Waals surface area contributed by atoms with E-state index >= 15 is 0 Å². The molecule has 0 unspecified atom stereocenters. The van der Waals surface area contributed by atoms with E-state index in [1.54, 1.807) is 12.3 Å². The van der Waals surface area contributed by atoms with Crippen molar-refractivity contribution in [3.8, 4) is 0 Å². The second kappa shape index (κ2) is 7.68. The molecule has 11 heteroatoms. The van der Waals surface area contributed by atoms with Crippen LogP contribution in [-0.4, -0.2) is 61.2 Å². The molecule has 5 rings (SSSR count). The minimum Gasteiger partial charge on any atom is -0.364 e. The third-order valence-electron chi connectivity index (χ3n) is 5.97. The maximum atomic E-state index is 14.4. The van der Waals surface area contributed by atoms with E-state index in [0.29, 0.717) is 30.1 Å². The zero-order valence-electron chi connectivity index (χ0n) is 17.1. The van der Waals surface area contributed by atoms with Gasteiger partial charge in [-0.2, -0.15) is 5.10 Å². The van der Waals surface area contributed by atoms with Crippen molar-refractivity contribution >= 4 is 23.2 Å². The Morgan fingerprint density at radius 1 is 1.22 bits per heavy atom. The molecule has 2 aliphatic rings. The fraction of sp³-hybridized carbons (Fsp3) is 0.381. The number of hydrogen-bond acceptors (Lipinski definition) is 6. The Morgan fingerprint density at radius 3 is 2.84 bits per heavy atom. The van der Waals surface area contributed by atoms with Crippen molar-refractivity contribution < 1.29 is 23.8 Å². The maximum Gasteiger partial charge on any atom is 0.322 e. The number of halogens is 2. The van der Waals surface area contributed by atoms with Gasteiger partial charge in [0.25, 0.3) is 0 Å². The molecule has 0 spiro atoms. The van der Waals surface area contributed by atoms with E-state index in [1.165, 1.54) is 21.7 Å². The lowest BCUT2D eigenvalue weighted by Crippen LogP contribution is -2.38. The molecular formula is C21H22F2N6O3. The van der Waals surface area contributed by atoms with Gasteiger partial charge in [0, 0.05) is 31.3 Å². The van der Waals surface area contributed by atoms with Gasteiger partial charge in [0.2, 0.25) is 0 Å². The van der Waals surface area contributed by atoms with E-state index in [-0.39, 0.29) is 31.1 Å². The number of anilines is 2. The second-order valence-electron chi connectivity index (χ2n) is 8.21. The number of aliphatic hydroxyl groups is 2. The summed E-state index contributed by atoms with van der Waals surface area (Å²) in [4.78, 5) is 20.4. The third-order valence-corrected chi connectivity index (χ3v) is 5.97. The summed E-state index contributed by atoms with van der Waals surface area (Å²) < 4.78 is 29.7. The Kier molecular flexibility index (Phi) is 4.94. The zero-order valence-corrected chi connectivity index (χ0v) is 17.1. The number of nitrogens with one attached hydrogen (secondary N) is 1. The average molecular weight is 444 g/mol. The molecule has 2 amide bonds. The number of aromatic nitrogens is 3. The summed E-state index contributed by atoms with van der Waals surface area (Å²) in [6.45, 7) is 0.652. The van der Waals surface area contributed by atoms with Crippen molar-refractivity contribution in [2.45, 2.75) is 31.1 Å². The molecule has 0 radical (unpaired) electrons. The number of benzene rings is 1. The monoisotopic (exact) mass is 444 g/mol. The first-order valence-electron chi connectivity index (χ1n) is 10.4. The van der Waals surface area contributed by atoms with E-state index in [9.17, 15) is 23.8 Å². The number of amides is 2. The maximum absolute atomic E-state index is 14.4. The third kappa shape index (κ3) is 3.73. The molecule has 0 aliphatic carbocycles. The highest BCUT2D eigenvalue weighted by Gasteiger charge is 2.36. The molecule has 2 aromatic heterocycles. The van der Waals surface area contributed by atoms with Crippen molar-refractivity contribution in [2.75, 3.05) is 29.9 Å². The van der Waals surface area contributed by atoms with Gasteiger partial charge in [-0.15, -0.1) is 0 Å². The molecule has 1 aromatic carbocycles. The summed E-state index contributed by atoms with van der Waals surface area (Å²) in [6, 6.07) is 4.36. The molecule has 2 fully saturated rings. The number of urea groups is 1. The molecule has 2 saturated heterocycles. The van der Waals surface area contributed by atoms with Gasteiger partial charge in [-0.25, -0.2) is 23.1 Å². The fourth-order valence-corrected chi connectivity index (χ4v) is 4.39. The second-order valence-corrected chi connectivity index (χ2v) is 8.21. The van der Waals surface area contributed by atoms with Crippen LogP contribution in [0, 0.1) is 11.6 Å². The lowest BCUT2D eigenvalue weighted by atomic mass is 10.0. The molecule has 4 heterocycles. The first kappa shape index (κ1) is 20.6. The van der Waals surface area contributed by atoms with E-state index in [2.05, 4.69) is 15.4 Å². The number of fused-ring (bicyclic) bond motifs is 1. The number of nitrogens with zero attached hydrogens (tertiary/aromatic N) is 5.